The predicted octanol–water partition coefficient (Wildman–Crippen LogP) is 20.4. The van der Waals surface area contributed by atoms with Crippen LogP contribution in [0.3, 0.4) is 0 Å². The molecule has 0 unspecified atom stereocenters. The second kappa shape index (κ2) is 38.3. The molecule has 2 aromatic rings. The summed E-state index contributed by atoms with van der Waals surface area (Å²) < 4.78 is 1.39. The van der Waals surface area contributed by atoms with Gasteiger partial charge in [0.25, 0.3) is 0 Å². The van der Waals surface area contributed by atoms with Crippen LogP contribution < -0.4 is 0 Å². The summed E-state index contributed by atoms with van der Waals surface area (Å²) in [5.41, 5.74) is 23.6. The molecule has 0 bridgehead atoms. The maximum atomic E-state index is 11.2. The number of rotatable bonds is 38. The first kappa shape index (κ1) is 57.3. The average Bonchev–Trinajstić information content (AvgIpc) is 3.70. The Labute approximate surface area is 401 Å². The van der Waals surface area contributed by atoms with Crippen molar-refractivity contribution in [3.8, 4) is 0 Å². The Morgan fingerprint density at radius 2 is 0.571 bits per heavy atom. The van der Waals surface area contributed by atoms with E-state index in [0.29, 0.717) is 0 Å². The average molecular weight is 958 g/mol. The van der Waals surface area contributed by atoms with E-state index in [-0.39, 0.29) is 0 Å². The van der Waals surface area contributed by atoms with E-state index in [1.165, 1.54) is 218 Å². The van der Waals surface area contributed by atoms with Crippen LogP contribution in [0.5, 0.6) is 0 Å². The minimum absolute atomic E-state index is 0.868. The van der Waals surface area contributed by atoms with Crippen molar-refractivity contribution in [3.63, 3.8) is 0 Å². The zero-order chi connectivity index (χ0) is 45.8. The quantitative estimate of drug-likeness (QED) is 0.0364. The summed E-state index contributed by atoms with van der Waals surface area (Å²) in [6.07, 6.45) is 51.8. The molecule has 63 heavy (non-hydrogen) atoms. The SMILES string of the molecule is CCCCCCCCCCCCCCC[CH2][Pd][CH2]CCCCCCCCCCCCCCC.CCc1cc(C2=CC=C(c3cc(CC)c(CC)c(CC)c3)[N+]2=[N-])cc(CC)c1CC. The molecule has 0 atom stereocenters. The number of benzene rings is 2. The van der Waals surface area contributed by atoms with Crippen molar-refractivity contribution in [2.45, 2.75) is 283 Å². The van der Waals surface area contributed by atoms with Crippen molar-refractivity contribution >= 4 is 11.4 Å². The van der Waals surface area contributed by atoms with Crippen LogP contribution in [0.4, 0.5) is 0 Å². The molecular weight excluding hydrogens is 855 g/mol. The molecule has 1 aliphatic rings. The molecule has 0 aromatic heterocycles. The molecule has 0 amide bonds. The summed E-state index contributed by atoms with van der Waals surface area (Å²) in [5, 5.41) is 0. The van der Waals surface area contributed by atoms with Gasteiger partial charge in [0.2, 0.25) is 11.4 Å². The van der Waals surface area contributed by atoms with Crippen molar-refractivity contribution < 1.29 is 22.7 Å². The van der Waals surface area contributed by atoms with Gasteiger partial charge in [0.15, 0.2) is 0 Å². The molecule has 2 aromatic carbocycles. The van der Waals surface area contributed by atoms with E-state index in [2.05, 4.69) is 91.8 Å². The fourth-order valence-corrected chi connectivity index (χ4v) is 11.7. The molecule has 0 N–H and O–H groups in total. The van der Waals surface area contributed by atoms with Gasteiger partial charge in [-0.25, -0.2) is 4.70 Å². The molecule has 1 aliphatic heterocycles. The van der Waals surface area contributed by atoms with E-state index in [0.717, 1.165) is 79.0 Å². The van der Waals surface area contributed by atoms with Crippen molar-refractivity contribution in [2.24, 2.45) is 0 Å². The van der Waals surface area contributed by atoms with E-state index in [1.54, 1.807) is 9.79 Å². The van der Waals surface area contributed by atoms with Gasteiger partial charge < -0.3 is 5.53 Å². The van der Waals surface area contributed by atoms with Gasteiger partial charge in [-0.05, 0) is 96.2 Å². The van der Waals surface area contributed by atoms with Gasteiger partial charge in [0, 0.05) is 23.3 Å². The molecule has 0 saturated heterocycles. The van der Waals surface area contributed by atoms with Crippen LogP contribution >= 0.6 is 0 Å². The van der Waals surface area contributed by atoms with Gasteiger partial charge in [-0.2, -0.15) is 0 Å². The van der Waals surface area contributed by atoms with Gasteiger partial charge in [-0.15, -0.1) is 0 Å². The van der Waals surface area contributed by atoms with E-state index < -0.39 is 0 Å². The van der Waals surface area contributed by atoms with Crippen LogP contribution in [-0.4, -0.2) is 4.70 Å². The van der Waals surface area contributed by atoms with E-state index in [4.69, 9.17) is 0 Å². The monoisotopic (exact) mass is 957 g/mol. The standard InChI is InChI=1S/C28H36N2.2C16H33.Pd/c1-7-19-15-23(16-20(8-2)25(19)11-5)27-13-14-28(30(27)29)24-17-21(9-3)26(12-6)22(10-4)18-24;2*1-3-5-7-9-11-13-15-16-14-12-10-8-6-4-2;/h13-18H,7-12H2,1-6H3;2*1,3-16H2,2H3;. The van der Waals surface area contributed by atoms with Gasteiger partial charge in [-0.1, -0.05) is 93.9 Å². The van der Waals surface area contributed by atoms with E-state index >= 15 is 0 Å². The molecular formula is C60H102N2Pd. The molecule has 0 fully saturated rings. The molecule has 0 saturated carbocycles. The van der Waals surface area contributed by atoms with Crippen LogP contribution in [0.25, 0.3) is 16.9 Å². The first-order valence-electron chi connectivity index (χ1n) is 27.6. The first-order chi connectivity index (χ1) is 30.9. The van der Waals surface area contributed by atoms with E-state index in [1.807, 2.05) is 0 Å². The summed E-state index contributed by atoms with van der Waals surface area (Å²) in [4.78, 5) is 3.09. The van der Waals surface area contributed by atoms with Gasteiger partial charge >= 0.3 is 169 Å². The summed E-state index contributed by atoms with van der Waals surface area (Å²) in [6, 6.07) is 9.05. The third-order valence-electron chi connectivity index (χ3n) is 13.7. The topological polar surface area (TPSA) is 25.3 Å². The van der Waals surface area contributed by atoms with Crippen LogP contribution in [0.15, 0.2) is 36.4 Å². The van der Waals surface area contributed by atoms with Crippen LogP contribution in [0, 0.1) is 0 Å². The normalized spacial score (nSPS) is 12.5. The molecule has 362 valence electrons. The Morgan fingerprint density at radius 1 is 0.333 bits per heavy atom. The zero-order valence-electron chi connectivity index (χ0n) is 43.1. The maximum absolute atomic E-state index is 11.2. The summed E-state index contributed by atoms with van der Waals surface area (Å²) in [7, 11) is 0. The van der Waals surface area contributed by atoms with Crippen molar-refractivity contribution in [2.75, 3.05) is 0 Å². The first-order valence-corrected chi connectivity index (χ1v) is 29.8. The number of nitrogens with zero attached hydrogens (tertiary/aromatic N) is 2. The number of hydrogen-bond acceptors (Lipinski definition) is 0. The predicted molar refractivity (Wildman–Crippen MR) is 279 cm³/mol. The molecule has 3 heteroatoms. The summed E-state index contributed by atoms with van der Waals surface area (Å²) >= 11 is 1.06. The smallest absolute Gasteiger partial charge is 0.493 e. The van der Waals surface area contributed by atoms with Crippen molar-refractivity contribution in [3.05, 3.63) is 86.5 Å². The number of allylic oxidation sites excluding steroid dienone is 2. The number of hydrogen-bond donors (Lipinski definition) is 0. The minimum Gasteiger partial charge on any atom is -0.493 e. The summed E-state index contributed by atoms with van der Waals surface area (Å²) in [6.45, 7) is 18.0. The Balaban J connectivity index is 0.000000434. The van der Waals surface area contributed by atoms with Crippen molar-refractivity contribution in [1.82, 2.24) is 0 Å². The minimum atomic E-state index is 0.868. The third kappa shape index (κ3) is 23.5. The molecule has 1 heterocycles. The Kier molecular flexibility index (Phi) is 34.8. The molecule has 2 nitrogen and oxygen atoms in total. The third-order valence-corrected chi connectivity index (χ3v) is 15.9. The Bertz CT molecular complexity index is 1370. The van der Waals surface area contributed by atoms with Crippen molar-refractivity contribution in [1.29, 1.82) is 0 Å². The molecule has 0 spiro atoms. The van der Waals surface area contributed by atoms with Crippen LogP contribution in [0.1, 0.15) is 280 Å². The number of unbranched alkanes of at least 4 members (excludes halogenated alkanes) is 26. The number of aryl methyl sites for hydroxylation is 4. The fraction of sp³-hybridized carbons (Fsp3) is 0.733. The Hall–Kier alpha value is -1.82. The van der Waals surface area contributed by atoms with E-state index in [9.17, 15) is 5.53 Å². The molecule has 0 aliphatic carbocycles. The fourth-order valence-electron chi connectivity index (χ4n) is 9.71. The van der Waals surface area contributed by atoms with Gasteiger partial charge in [0.05, 0.1) is 0 Å². The van der Waals surface area contributed by atoms with Gasteiger partial charge in [-0.3, -0.25) is 0 Å². The Morgan fingerprint density at radius 3 is 0.794 bits per heavy atom. The zero-order valence-corrected chi connectivity index (χ0v) is 44.7. The second-order valence-corrected chi connectivity index (χ2v) is 21.1. The van der Waals surface area contributed by atoms with Crippen LogP contribution in [0.2, 0.25) is 9.79 Å². The van der Waals surface area contributed by atoms with Crippen LogP contribution in [-0.2, 0) is 56.5 Å². The molecule has 3 rings (SSSR count). The second-order valence-electron chi connectivity index (χ2n) is 18.7. The van der Waals surface area contributed by atoms with Gasteiger partial charge in [0.1, 0.15) is 0 Å². The molecule has 0 radical (unpaired) electrons. The summed E-state index contributed by atoms with van der Waals surface area (Å²) in [5.74, 6) is 0.